The molecule has 2 aromatic carbocycles. The van der Waals surface area contributed by atoms with Crippen LogP contribution in [0.1, 0.15) is 16.7 Å². The number of fused-ring (bicyclic) bond motifs is 1. The summed E-state index contributed by atoms with van der Waals surface area (Å²) >= 11 is 0. The molecule has 3 aromatic rings. The quantitative estimate of drug-likeness (QED) is 0.589. The molecule has 3 rings (SSSR count). The number of nitrogens with one attached hydrogen (secondary N) is 1. The normalized spacial score (nSPS) is 11.6. The lowest BCUT2D eigenvalue weighted by atomic mass is 10.0. The second-order valence-corrected chi connectivity index (χ2v) is 6.13. The highest BCUT2D eigenvalue weighted by atomic mass is 19.4. The zero-order chi connectivity index (χ0) is 20.6. The second kappa shape index (κ2) is 6.91. The molecule has 1 amide bonds. The van der Waals surface area contributed by atoms with Crippen molar-refractivity contribution in [3.05, 3.63) is 63.5 Å². The molecule has 6 nitrogen and oxygen atoms in total. The topological polar surface area (TPSA) is 99.8 Å². The summed E-state index contributed by atoms with van der Waals surface area (Å²) in [7, 11) is 0. The number of halogens is 3. The van der Waals surface area contributed by atoms with Crippen LogP contribution in [-0.2, 0) is 17.4 Å². The average Bonchev–Trinajstić information content (AvgIpc) is 2.57. The van der Waals surface area contributed by atoms with Crippen molar-refractivity contribution < 1.29 is 32.6 Å². The lowest BCUT2D eigenvalue weighted by Gasteiger charge is -2.11. The number of amides is 1. The van der Waals surface area contributed by atoms with E-state index in [-0.39, 0.29) is 39.3 Å². The van der Waals surface area contributed by atoms with E-state index in [4.69, 9.17) is 4.42 Å². The van der Waals surface area contributed by atoms with E-state index in [1.54, 1.807) is 0 Å². The number of alkyl halides is 3. The minimum atomic E-state index is -4.56. The number of aryl methyl sites for hydroxylation is 1. The van der Waals surface area contributed by atoms with Crippen molar-refractivity contribution in [2.45, 2.75) is 19.5 Å². The number of phenolic OH excluding ortho intramolecular Hbond substituents is 2. The minimum Gasteiger partial charge on any atom is -0.508 e. The number of rotatable bonds is 3. The number of hydrogen-bond acceptors (Lipinski definition) is 5. The summed E-state index contributed by atoms with van der Waals surface area (Å²) in [6.07, 6.45) is -5.03. The molecule has 0 atom stereocenters. The van der Waals surface area contributed by atoms with Crippen LogP contribution in [0.15, 0.2) is 45.6 Å². The van der Waals surface area contributed by atoms with Gasteiger partial charge in [0.2, 0.25) is 5.91 Å². The van der Waals surface area contributed by atoms with E-state index < -0.39 is 29.7 Å². The molecule has 0 saturated heterocycles. The van der Waals surface area contributed by atoms with Gasteiger partial charge in [0, 0.05) is 17.8 Å². The third-order valence-corrected chi connectivity index (χ3v) is 4.15. The van der Waals surface area contributed by atoms with Crippen molar-refractivity contribution in [2.24, 2.45) is 0 Å². The number of hydrogen-bond donors (Lipinski definition) is 3. The molecule has 0 bridgehead atoms. The molecule has 0 spiro atoms. The fraction of sp³-hybridized carbons (Fsp3) is 0.158. The van der Waals surface area contributed by atoms with Gasteiger partial charge in [-0.25, -0.2) is 4.79 Å². The predicted molar refractivity (Wildman–Crippen MR) is 94.3 cm³/mol. The van der Waals surface area contributed by atoms with Crippen LogP contribution in [0.5, 0.6) is 11.5 Å². The van der Waals surface area contributed by atoms with Gasteiger partial charge in [0.25, 0.3) is 0 Å². The Bertz CT molecular complexity index is 1130. The number of carbonyl (C=O) groups is 1. The van der Waals surface area contributed by atoms with Crippen LogP contribution in [0.2, 0.25) is 0 Å². The van der Waals surface area contributed by atoms with Gasteiger partial charge in [0.15, 0.2) is 0 Å². The Morgan fingerprint density at radius 3 is 2.57 bits per heavy atom. The molecule has 0 fully saturated rings. The fourth-order valence-corrected chi connectivity index (χ4v) is 2.85. The van der Waals surface area contributed by atoms with E-state index >= 15 is 0 Å². The van der Waals surface area contributed by atoms with Gasteiger partial charge in [0.05, 0.1) is 22.9 Å². The second-order valence-electron chi connectivity index (χ2n) is 6.13. The minimum absolute atomic E-state index is 0.0537. The predicted octanol–water partition coefficient (Wildman–Crippen LogP) is 3.71. The third kappa shape index (κ3) is 3.78. The Labute approximate surface area is 155 Å². The first-order valence-electron chi connectivity index (χ1n) is 8.01. The molecule has 0 aliphatic rings. The summed E-state index contributed by atoms with van der Waals surface area (Å²) in [5, 5.41) is 21.9. The molecule has 1 heterocycles. The van der Waals surface area contributed by atoms with Gasteiger partial charge < -0.3 is 19.9 Å². The average molecular weight is 393 g/mol. The van der Waals surface area contributed by atoms with Crippen LogP contribution in [0.25, 0.3) is 11.0 Å². The lowest BCUT2D eigenvalue weighted by Crippen LogP contribution is -2.21. The first-order chi connectivity index (χ1) is 13.1. The number of carbonyl (C=O) groups excluding carboxylic acids is 1. The molecular formula is C19H14F3NO5. The fourth-order valence-electron chi connectivity index (χ4n) is 2.85. The van der Waals surface area contributed by atoms with Crippen LogP contribution < -0.4 is 10.9 Å². The summed E-state index contributed by atoms with van der Waals surface area (Å²) in [5.74, 6) is -1.37. The van der Waals surface area contributed by atoms with E-state index in [0.717, 1.165) is 30.3 Å². The highest BCUT2D eigenvalue weighted by Crippen LogP contribution is 2.33. The van der Waals surface area contributed by atoms with Gasteiger partial charge in [0.1, 0.15) is 17.1 Å². The summed E-state index contributed by atoms with van der Waals surface area (Å²) < 4.78 is 43.3. The van der Waals surface area contributed by atoms with Crippen LogP contribution >= 0.6 is 0 Å². The van der Waals surface area contributed by atoms with E-state index in [2.05, 4.69) is 5.32 Å². The first-order valence-corrected chi connectivity index (χ1v) is 8.01. The molecular weight excluding hydrogens is 379 g/mol. The summed E-state index contributed by atoms with van der Waals surface area (Å²) in [6.45, 7) is 1.49. The Morgan fingerprint density at radius 1 is 1.18 bits per heavy atom. The Hall–Kier alpha value is -3.49. The highest BCUT2D eigenvalue weighted by molar-refractivity contribution is 5.94. The third-order valence-electron chi connectivity index (χ3n) is 4.15. The first kappa shape index (κ1) is 19.3. The number of phenols is 2. The van der Waals surface area contributed by atoms with E-state index in [9.17, 15) is 33.0 Å². The van der Waals surface area contributed by atoms with E-state index in [1.165, 1.54) is 13.0 Å². The molecule has 3 N–H and O–H groups in total. The number of anilines is 1. The van der Waals surface area contributed by atoms with Gasteiger partial charge in [-0.1, -0.05) is 6.07 Å². The van der Waals surface area contributed by atoms with Crippen LogP contribution in [-0.4, -0.2) is 16.1 Å². The van der Waals surface area contributed by atoms with Crippen LogP contribution in [0.4, 0.5) is 18.9 Å². The molecule has 0 radical (unpaired) electrons. The maximum absolute atomic E-state index is 12.8. The molecule has 0 unspecified atom stereocenters. The molecule has 9 heteroatoms. The molecule has 0 saturated carbocycles. The Morgan fingerprint density at radius 2 is 1.89 bits per heavy atom. The molecule has 1 aromatic heterocycles. The van der Waals surface area contributed by atoms with E-state index in [1.807, 2.05) is 0 Å². The standard InChI is InChI=1S/C19H14F3NO5/c1-9-13(18(27)28-15-7-12(24)6-14(25)17(9)15)8-16(26)23-11-4-2-3-10(5-11)19(20,21)22/h2-7,24-25H,8H2,1H3,(H,23,26). The Balaban J connectivity index is 1.91. The molecule has 0 aliphatic heterocycles. The maximum Gasteiger partial charge on any atom is 0.416 e. The zero-order valence-corrected chi connectivity index (χ0v) is 14.4. The Kier molecular flexibility index (Phi) is 4.76. The largest absolute Gasteiger partial charge is 0.508 e. The van der Waals surface area contributed by atoms with Crippen molar-refractivity contribution in [1.29, 1.82) is 0 Å². The molecule has 28 heavy (non-hydrogen) atoms. The maximum atomic E-state index is 12.8. The smallest absolute Gasteiger partial charge is 0.416 e. The number of benzene rings is 2. The van der Waals surface area contributed by atoms with Gasteiger partial charge in [-0.15, -0.1) is 0 Å². The summed E-state index contributed by atoms with van der Waals surface area (Å²) in [6, 6.07) is 6.30. The molecule has 0 aliphatic carbocycles. The zero-order valence-electron chi connectivity index (χ0n) is 14.4. The summed E-state index contributed by atoms with van der Waals surface area (Å²) in [5.41, 5.74) is -1.69. The highest BCUT2D eigenvalue weighted by Gasteiger charge is 2.30. The van der Waals surface area contributed by atoms with Gasteiger partial charge in [-0.2, -0.15) is 13.2 Å². The van der Waals surface area contributed by atoms with E-state index in [0.29, 0.717) is 0 Å². The van der Waals surface area contributed by atoms with Crippen molar-refractivity contribution in [1.82, 2.24) is 0 Å². The summed E-state index contributed by atoms with van der Waals surface area (Å²) in [4.78, 5) is 24.4. The van der Waals surface area contributed by atoms with Crippen molar-refractivity contribution in [3.8, 4) is 11.5 Å². The van der Waals surface area contributed by atoms with Crippen molar-refractivity contribution in [2.75, 3.05) is 5.32 Å². The number of aromatic hydroxyl groups is 2. The SMILES string of the molecule is Cc1c(CC(=O)Nc2cccc(C(F)(F)F)c2)c(=O)oc2cc(O)cc(O)c12. The van der Waals surface area contributed by atoms with Crippen molar-refractivity contribution in [3.63, 3.8) is 0 Å². The van der Waals surface area contributed by atoms with Crippen LogP contribution in [0.3, 0.4) is 0 Å². The lowest BCUT2D eigenvalue weighted by molar-refractivity contribution is -0.137. The van der Waals surface area contributed by atoms with Crippen molar-refractivity contribution >= 4 is 22.6 Å². The monoisotopic (exact) mass is 393 g/mol. The van der Waals surface area contributed by atoms with Gasteiger partial charge in [-0.3, -0.25) is 4.79 Å². The van der Waals surface area contributed by atoms with Gasteiger partial charge >= 0.3 is 11.8 Å². The van der Waals surface area contributed by atoms with Crippen LogP contribution in [0, 0.1) is 6.92 Å². The molecule has 146 valence electrons. The van der Waals surface area contributed by atoms with Gasteiger partial charge in [-0.05, 0) is 30.7 Å².